The molecule has 0 bridgehead atoms. The maximum atomic E-state index is 11.9. The zero-order valence-electron chi connectivity index (χ0n) is 9.49. The van der Waals surface area contributed by atoms with Crippen molar-refractivity contribution in [2.24, 2.45) is 0 Å². The predicted molar refractivity (Wildman–Crippen MR) is 64.0 cm³/mol. The number of carbonyl (C=O) groups excluding carboxylic acids is 1. The van der Waals surface area contributed by atoms with E-state index in [9.17, 15) is 4.79 Å². The van der Waals surface area contributed by atoms with Gasteiger partial charge in [0.1, 0.15) is 5.69 Å². The van der Waals surface area contributed by atoms with Gasteiger partial charge in [0.05, 0.1) is 6.04 Å². The number of aromatic amines is 1. The average molecular weight is 245 g/mol. The second-order valence-corrected chi connectivity index (χ2v) is 3.86. The number of H-pyrrole nitrogens is 1. The molecule has 1 aromatic rings. The first-order chi connectivity index (χ1) is 7.22. The largest absolute Gasteiger partial charge is 0.335 e. The lowest BCUT2D eigenvalue weighted by atomic mass is 10.1. The van der Waals surface area contributed by atoms with E-state index in [0.29, 0.717) is 11.7 Å². The summed E-state index contributed by atoms with van der Waals surface area (Å²) in [5, 5.41) is 10.0. The van der Waals surface area contributed by atoms with Gasteiger partial charge in [0.2, 0.25) is 0 Å². The van der Waals surface area contributed by atoms with Crippen LogP contribution < -0.4 is 5.32 Å². The van der Waals surface area contributed by atoms with Crippen LogP contribution in [0.25, 0.3) is 0 Å². The van der Waals surface area contributed by atoms with Crippen LogP contribution in [-0.2, 0) is 6.42 Å². The monoisotopic (exact) mass is 244 g/mol. The number of nitrogens with zero attached hydrogens (tertiary/aromatic N) is 2. The van der Waals surface area contributed by atoms with Gasteiger partial charge in [-0.1, -0.05) is 6.92 Å². The van der Waals surface area contributed by atoms with Crippen LogP contribution in [0.2, 0.25) is 0 Å². The van der Waals surface area contributed by atoms with Crippen LogP contribution in [-0.4, -0.2) is 47.2 Å². The van der Waals surface area contributed by atoms with Crippen LogP contribution in [0.15, 0.2) is 6.07 Å². The fourth-order valence-electron chi connectivity index (χ4n) is 1.55. The molecule has 6 heteroatoms. The van der Waals surface area contributed by atoms with Crippen LogP contribution in [0.3, 0.4) is 0 Å². The molecule has 1 aromatic heterocycles. The van der Waals surface area contributed by atoms with E-state index in [1.807, 2.05) is 20.0 Å². The van der Waals surface area contributed by atoms with E-state index in [-0.39, 0.29) is 18.3 Å². The number of aromatic nitrogens is 2. The van der Waals surface area contributed by atoms with Crippen molar-refractivity contribution in [3.05, 3.63) is 17.5 Å². The normalized spacial score (nSPS) is 15.1. The summed E-state index contributed by atoms with van der Waals surface area (Å²) in [4.78, 5) is 13.7. The minimum absolute atomic E-state index is 0. The van der Waals surface area contributed by atoms with E-state index in [4.69, 9.17) is 0 Å². The second-order valence-electron chi connectivity index (χ2n) is 3.86. The molecular weight excluding hydrogens is 228 g/mol. The third kappa shape index (κ3) is 2.36. The van der Waals surface area contributed by atoms with E-state index in [0.717, 1.165) is 25.2 Å². The molecule has 0 saturated carbocycles. The number of aryl methyl sites for hydroxylation is 1. The Morgan fingerprint density at radius 1 is 1.62 bits per heavy atom. The van der Waals surface area contributed by atoms with Gasteiger partial charge in [-0.25, -0.2) is 0 Å². The molecule has 0 atom stereocenters. The van der Waals surface area contributed by atoms with Crippen LogP contribution in [0, 0.1) is 0 Å². The van der Waals surface area contributed by atoms with Gasteiger partial charge in [0, 0.05) is 25.8 Å². The smallest absolute Gasteiger partial charge is 0.274 e. The molecular formula is C10H17ClN4O. The van der Waals surface area contributed by atoms with Gasteiger partial charge < -0.3 is 10.2 Å². The predicted octanol–water partition coefficient (Wildman–Crippen LogP) is 0.438. The minimum atomic E-state index is -0.00236. The Bertz CT molecular complexity index is 361. The van der Waals surface area contributed by atoms with Crippen molar-refractivity contribution >= 4 is 18.3 Å². The number of rotatable bonds is 3. The van der Waals surface area contributed by atoms with Gasteiger partial charge in [-0.3, -0.25) is 9.89 Å². The first kappa shape index (κ1) is 13.0. The highest BCUT2D eigenvalue weighted by atomic mass is 35.5. The SMILES string of the molecule is CCc1cc(C(=O)N(C)C2CNC2)n[nH]1.Cl. The van der Waals surface area contributed by atoms with Gasteiger partial charge >= 0.3 is 0 Å². The van der Waals surface area contributed by atoms with Crippen LogP contribution in [0.4, 0.5) is 0 Å². The maximum absolute atomic E-state index is 11.9. The highest BCUT2D eigenvalue weighted by Crippen LogP contribution is 2.08. The molecule has 0 aliphatic carbocycles. The molecule has 0 radical (unpaired) electrons. The summed E-state index contributed by atoms with van der Waals surface area (Å²) in [6, 6.07) is 2.14. The fourth-order valence-corrected chi connectivity index (χ4v) is 1.55. The average Bonchev–Trinajstić information content (AvgIpc) is 2.61. The van der Waals surface area contributed by atoms with Gasteiger partial charge in [0.25, 0.3) is 5.91 Å². The zero-order valence-corrected chi connectivity index (χ0v) is 10.3. The van der Waals surface area contributed by atoms with E-state index < -0.39 is 0 Å². The summed E-state index contributed by atoms with van der Waals surface area (Å²) >= 11 is 0. The standard InChI is InChI=1S/C10H16N4O.ClH/c1-3-7-4-9(13-12-7)10(15)14(2)8-5-11-6-8;/h4,8,11H,3,5-6H2,1-2H3,(H,12,13);1H. The number of hydrogen-bond acceptors (Lipinski definition) is 3. The zero-order chi connectivity index (χ0) is 10.8. The number of amides is 1. The summed E-state index contributed by atoms with van der Waals surface area (Å²) < 4.78 is 0. The second kappa shape index (κ2) is 5.32. The Morgan fingerprint density at radius 2 is 2.31 bits per heavy atom. The summed E-state index contributed by atoms with van der Waals surface area (Å²) in [5.74, 6) is -0.00236. The van der Waals surface area contributed by atoms with Crippen molar-refractivity contribution in [2.45, 2.75) is 19.4 Å². The lowest BCUT2D eigenvalue weighted by Gasteiger charge is -2.35. The third-order valence-electron chi connectivity index (χ3n) is 2.86. The molecule has 90 valence electrons. The van der Waals surface area contributed by atoms with Gasteiger partial charge in [0.15, 0.2) is 0 Å². The first-order valence-electron chi connectivity index (χ1n) is 5.24. The molecule has 5 nitrogen and oxygen atoms in total. The Labute approximate surface area is 101 Å². The molecule has 0 spiro atoms. The molecule has 2 N–H and O–H groups in total. The Morgan fingerprint density at radius 3 is 2.75 bits per heavy atom. The maximum Gasteiger partial charge on any atom is 0.274 e. The number of likely N-dealkylation sites (N-methyl/N-ethyl adjacent to an activating group) is 1. The van der Waals surface area contributed by atoms with Crippen molar-refractivity contribution in [1.29, 1.82) is 0 Å². The molecule has 1 saturated heterocycles. The van der Waals surface area contributed by atoms with Crippen LogP contribution in [0.1, 0.15) is 23.1 Å². The molecule has 1 aliphatic heterocycles. The van der Waals surface area contributed by atoms with Crippen LogP contribution >= 0.6 is 12.4 Å². The third-order valence-corrected chi connectivity index (χ3v) is 2.86. The molecule has 1 amide bonds. The fraction of sp³-hybridized carbons (Fsp3) is 0.600. The first-order valence-corrected chi connectivity index (χ1v) is 5.24. The Kier molecular flexibility index (Phi) is 4.32. The van der Waals surface area contributed by atoms with Gasteiger partial charge in [-0.05, 0) is 12.5 Å². The lowest BCUT2D eigenvalue weighted by molar-refractivity contribution is 0.0675. The number of nitrogens with one attached hydrogen (secondary N) is 2. The van der Waals surface area contributed by atoms with Crippen LogP contribution in [0.5, 0.6) is 0 Å². The number of halogens is 1. The molecule has 0 aromatic carbocycles. The number of hydrogen-bond donors (Lipinski definition) is 2. The topological polar surface area (TPSA) is 61.0 Å². The molecule has 1 fully saturated rings. The summed E-state index contributed by atoms with van der Waals surface area (Å²) in [7, 11) is 1.83. The van der Waals surface area contributed by atoms with E-state index >= 15 is 0 Å². The Balaban J connectivity index is 0.00000128. The number of carbonyl (C=O) groups is 1. The van der Waals surface area contributed by atoms with E-state index in [1.165, 1.54) is 0 Å². The quantitative estimate of drug-likeness (QED) is 0.811. The van der Waals surface area contributed by atoms with Crippen molar-refractivity contribution in [2.75, 3.05) is 20.1 Å². The van der Waals surface area contributed by atoms with Gasteiger partial charge in [-0.15, -0.1) is 12.4 Å². The summed E-state index contributed by atoms with van der Waals surface area (Å²) in [6.45, 7) is 3.79. The summed E-state index contributed by atoms with van der Waals surface area (Å²) in [5.41, 5.74) is 1.51. The molecule has 2 heterocycles. The summed E-state index contributed by atoms with van der Waals surface area (Å²) in [6.07, 6.45) is 0.870. The van der Waals surface area contributed by atoms with E-state index in [1.54, 1.807) is 4.90 Å². The Hall–Kier alpha value is -1.07. The minimum Gasteiger partial charge on any atom is -0.335 e. The lowest BCUT2D eigenvalue weighted by Crippen LogP contribution is -2.57. The van der Waals surface area contributed by atoms with Crippen molar-refractivity contribution in [3.8, 4) is 0 Å². The van der Waals surface area contributed by atoms with Crippen molar-refractivity contribution in [3.63, 3.8) is 0 Å². The molecule has 16 heavy (non-hydrogen) atoms. The molecule has 1 aliphatic rings. The highest BCUT2D eigenvalue weighted by Gasteiger charge is 2.27. The molecule has 0 unspecified atom stereocenters. The van der Waals surface area contributed by atoms with E-state index in [2.05, 4.69) is 15.5 Å². The van der Waals surface area contributed by atoms with Gasteiger partial charge in [-0.2, -0.15) is 5.10 Å². The molecule has 2 rings (SSSR count). The van der Waals surface area contributed by atoms with Crippen molar-refractivity contribution < 1.29 is 4.79 Å². The highest BCUT2D eigenvalue weighted by molar-refractivity contribution is 5.92. The van der Waals surface area contributed by atoms with Crippen molar-refractivity contribution in [1.82, 2.24) is 20.4 Å².